The van der Waals surface area contributed by atoms with Crippen LogP contribution in [0.15, 0.2) is 18.2 Å². The van der Waals surface area contributed by atoms with E-state index in [1.807, 2.05) is 32.0 Å². The minimum absolute atomic E-state index is 0.0585. The highest BCUT2D eigenvalue weighted by Gasteiger charge is 2.15. The van der Waals surface area contributed by atoms with E-state index in [1.54, 1.807) is 0 Å². The molecule has 0 aromatic heterocycles. The van der Waals surface area contributed by atoms with Crippen LogP contribution in [0.25, 0.3) is 0 Å². The number of piperidine rings is 1. The lowest BCUT2D eigenvalue weighted by Gasteiger charge is -2.30. The largest absolute Gasteiger partial charge is 0.352 e. The van der Waals surface area contributed by atoms with Crippen LogP contribution in [0.2, 0.25) is 0 Å². The fraction of sp³-hybridized carbons (Fsp3) is 0.611. The van der Waals surface area contributed by atoms with E-state index in [0.717, 1.165) is 42.1 Å². The van der Waals surface area contributed by atoms with Crippen LogP contribution in [0.1, 0.15) is 47.7 Å². The third-order valence-electron chi connectivity index (χ3n) is 4.32. The van der Waals surface area contributed by atoms with Gasteiger partial charge in [-0.1, -0.05) is 24.6 Å². The highest BCUT2D eigenvalue weighted by Crippen LogP contribution is 2.15. The number of hydrogen-bond acceptors (Lipinski definition) is 2. The number of carbonyl (C=O) groups excluding carboxylic acids is 1. The summed E-state index contributed by atoms with van der Waals surface area (Å²) in [4.78, 5) is 14.7. The first-order valence-electron chi connectivity index (χ1n) is 8.14. The van der Waals surface area contributed by atoms with Crippen LogP contribution in [0.5, 0.6) is 0 Å². The van der Waals surface area contributed by atoms with Gasteiger partial charge in [-0.05, 0) is 63.7 Å². The second-order valence-corrected chi connectivity index (χ2v) is 6.48. The number of carbonyl (C=O) groups is 1. The standard InChI is InChI=1S/C18H28N2O/c1-14-7-8-16(3)17(12-14)18(21)19-9-5-11-20-10-4-6-15(2)13-20/h7-8,12,15H,4-6,9-11,13H2,1-3H3,(H,19,21)/t15-/m0/s1. The summed E-state index contributed by atoms with van der Waals surface area (Å²) >= 11 is 0. The van der Waals surface area contributed by atoms with Crippen molar-refractivity contribution in [2.75, 3.05) is 26.2 Å². The Balaban J connectivity index is 1.73. The molecule has 1 saturated heterocycles. The zero-order chi connectivity index (χ0) is 15.2. The molecule has 3 heteroatoms. The molecular formula is C18H28N2O. The number of amides is 1. The van der Waals surface area contributed by atoms with Gasteiger partial charge in [0, 0.05) is 18.7 Å². The van der Waals surface area contributed by atoms with Crippen molar-refractivity contribution in [3.8, 4) is 0 Å². The summed E-state index contributed by atoms with van der Waals surface area (Å²) in [5.74, 6) is 0.881. The first-order valence-corrected chi connectivity index (χ1v) is 8.14. The van der Waals surface area contributed by atoms with Gasteiger partial charge in [-0.15, -0.1) is 0 Å². The zero-order valence-corrected chi connectivity index (χ0v) is 13.6. The molecule has 2 rings (SSSR count). The van der Waals surface area contributed by atoms with Crippen molar-refractivity contribution in [2.45, 2.75) is 40.0 Å². The maximum Gasteiger partial charge on any atom is 0.251 e. The van der Waals surface area contributed by atoms with E-state index in [0.29, 0.717) is 0 Å². The van der Waals surface area contributed by atoms with Crippen LogP contribution in [-0.4, -0.2) is 37.0 Å². The van der Waals surface area contributed by atoms with Gasteiger partial charge in [0.1, 0.15) is 0 Å². The van der Waals surface area contributed by atoms with E-state index < -0.39 is 0 Å². The third-order valence-corrected chi connectivity index (χ3v) is 4.32. The molecule has 116 valence electrons. The quantitative estimate of drug-likeness (QED) is 0.844. The Hall–Kier alpha value is -1.35. The van der Waals surface area contributed by atoms with E-state index in [-0.39, 0.29) is 5.91 Å². The topological polar surface area (TPSA) is 32.3 Å². The molecule has 21 heavy (non-hydrogen) atoms. The second-order valence-electron chi connectivity index (χ2n) is 6.48. The van der Waals surface area contributed by atoms with Gasteiger partial charge in [0.25, 0.3) is 5.91 Å². The average Bonchev–Trinajstić information content (AvgIpc) is 2.46. The van der Waals surface area contributed by atoms with E-state index in [1.165, 1.54) is 25.9 Å². The van der Waals surface area contributed by atoms with Crippen LogP contribution < -0.4 is 5.32 Å². The molecule has 0 spiro atoms. The lowest BCUT2D eigenvalue weighted by atomic mass is 10.0. The molecule has 1 atom stereocenters. The van der Waals surface area contributed by atoms with Crippen molar-refractivity contribution in [2.24, 2.45) is 5.92 Å². The Morgan fingerprint density at radius 3 is 2.95 bits per heavy atom. The molecule has 1 fully saturated rings. The SMILES string of the molecule is Cc1ccc(C)c(C(=O)NCCCN2CCC[C@H](C)C2)c1. The fourth-order valence-electron chi connectivity index (χ4n) is 3.07. The van der Waals surface area contributed by atoms with Gasteiger partial charge in [0.15, 0.2) is 0 Å². The van der Waals surface area contributed by atoms with Gasteiger partial charge in [0.2, 0.25) is 0 Å². The third kappa shape index (κ3) is 4.85. The van der Waals surface area contributed by atoms with Crippen LogP contribution in [0, 0.1) is 19.8 Å². The maximum atomic E-state index is 12.2. The van der Waals surface area contributed by atoms with E-state index in [2.05, 4.69) is 17.1 Å². The van der Waals surface area contributed by atoms with Gasteiger partial charge >= 0.3 is 0 Å². The fourth-order valence-corrected chi connectivity index (χ4v) is 3.07. The van der Waals surface area contributed by atoms with Gasteiger partial charge in [-0.25, -0.2) is 0 Å². The maximum absolute atomic E-state index is 12.2. The lowest BCUT2D eigenvalue weighted by molar-refractivity contribution is 0.0949. The number of aryl methyl sites for hydroxylation is 2. The first kappa shape index (κ1) is 16.0. The van der Waals surface area contributed by atoms with Crippen molar-refractivity contribution in [1.82, 2.24) is 10.2 Å². The van der Waals surface area contributed by atoms with E-state index in [9.17, 15) is 4.79 Å². The smallest absolute Gasteiger partial charge is 0.251 e. The van der Waals surface area contributed by atoms with Crippen molar-refractivity contribution in [3.63, 3.8) is 0 Å². The first-order chi connectivity index (χ1) is 10.1. The Morgan fingerprint density at radius 1 is 1.38 bits per heavy atom. The molecule has 0 radical (unpaired) electrons. The number of hydrogen-bond donors (Lipinski definition) is 1. The van der Waals surface area contributed by atoms with E-state index >= 15 is 0 Å². The molecule has 1 aliphatic heterocycles. The molecule has 1 aromatic carbocycles. The summed E-state index contributed by atoms with van der Waals surface area (Å²) in [6.45, 7) is 10.6. The predicted molar refractivity (Wildman–Crippen MR) is 87.7 cm³/mol. The molecule has 0 bridgehead atoms. The molecule has 0 saturated carbocycles. The molecule has 1 aliphatic rings. The van der Waals surface area contributed by atoms with Gasteiger partial charge in [-0.3, -0.25) is 4.79 Å². The minimum Gasteiger partial charge on any atom is -0.352 e. The highest BCUT2D eigenvalue weighted by atomic mass is 16.1. The summed E-state index contributed by atoms with van der Waals surface area (Å²) in [7, 11) is 0. The molecule has 0 aliphatic carbocycles. The summed E-state index contributed by atoms with van der Waals surface area (Å²) < 4.78 is 0. The van der Waals surface area contributed by atoms with Gasteiger partial charge in [-0.2, -0.15) is 0 Å². The van der Waals surface area contributed by atoms with Crippen molar-refractivity contribution in [3.05, 3.63) is 34.9 Å². The molecule has 1 heterocycles. The predicted octanol–water partition coefficient (Wildman–Crippen LogP) is 3.16. The Kier molecular flexibility index (Phi) is 5.80. The number of likely N-dealkylation sites (tertiary alicyclic amines) is 1. The number of benzene rings is 1. The van der Waals surface area contributed by atoms with Crippen LogP contribution >= 0.6 is 0 Å². The summed E-state index contributed by atoms with van der Waals surface area (Å²) in [6, 6.07) is 6.03. The van der Waals surface area contributed by atoms with E-state index in [4.69, 9.17) is 0 Å². The van der Waals surface area contributed by atoms with Crippen molar-refractivity contribution < 1.29 is 4.79 Å². The monoisotopic (exact) mass is 288 g/mol. The zero-order valence-electron chi connectivity index (χ0n) is 13.6. The van der Waals surface area contributed by atoms with Gasteiger partial charge in [0.05, 0.1) is 0 Å². The number of nitrogens with one attached hydrogen (secondary N) is 1. The molecule has 1 aromatic rings. The second kappa shape index (κ2) is 7.60. The molecular weight excluding hydrogens is 260 g/mol. The van der Waals surface area contributed by atoms with Crippen LogP contribution in [0.4, 0.5) is 0 Å². The average molecular weight is 288 g/mol. The lowest BCUT2D eigenvalue weighted by Crippen LogP contribution is -2.36. The molecule has 1 amide bonds. The Bertz CT molecular complexity index is 484. The summed E-state index contributed by atoms with van der Waals surface area (Å²) in [6.07, 6.45) is 3.71. The normalized spacial score (nSPS) is 19.5. The van der Waals surface area contributed by atoms with Crippen molar-refractivity contribution in [1.29, 1.82) is 0 Å². The minimum atomic E-state index is 0.0585. The summed E-state index contributed by atoms with van der Waals surface area (Å²) in [5, 5.41) is 3.05. The van der Waals surface area contributed by atoms with Crippen LogP contribution in [0.3, 0.4) is 0 Å². The highest BCUT2D eigenvalue weighted by molar-refractivity contribution is 5.95. The number of nitrogens with zero attached hydrogens (tertiary/aromatic N) is 1. The Labute approximate surface area is 128 Å². The van der Waals surface area contributed by atoms with Crippen LogP contribution in [-0.2, 0) is 0 Å². The molecule has 3 nitrogen and oxygen atoms in total. The van der Waals surface area contributed by atoms with Gasteiger partial charge < -0.3 is 10.2 Å². The molecule has 1 N–H and O–H groups in total. The number of rotatable bonds is 5. The Morgan fingerprint density at radius 2 is 2.19 bits per heavy atom. The molecule has 0 unspecified atom stereocenters. The van der Waals surface area contributed by atoms with Crippen molar-refractivity contribution >= 4 is 5.91 Å². The summed E-state index contributed by atoms with van der Waals surface area (Å²) in [5.41, 5.74) is 2.98.